The van der Waals surface area contributed by atoms with Crippen LogP contribution < -0.4 is 21.9 Å². The maximum absolute atomic E-state index is 5.60. The molecule has 0 radical (unpaired) electrons. The fourth-order valence-electron chi connectivity index (χ4n) is 1.46. The zero-order chi connectivity index (χ0) is 12.3. The van der Waals surface area contributed by atoms with Gasteiger partial charge in [0.1, 0.15) is 11.6 Å². The maximum Gasteiger partial charge on any atom is 0.223 e. The van der Waals surface area contributed by atoms with E-state index < -0.39 is 0 Å². The number of nitrogens with one attached hydrogen (secondary N) is 1. The number of nitrogens with zero attached hydrogens (tertiary/aromatic N) is 3. The topological polar surface area (TPSA) is 93.1 Å². The minimum atomic E-state index is 0.201. The fraction of sp³-hybridized carbons (Fsp3) is 0.200. The first-order valence-corrected chi connectivity index (χ1v) is 5.96. The Labute approximate surface area is 103 Å². The quantitative estimate of drug-likeness (QED) is 0.554. The van der Waals surface area contributed by atoms with E-state index in [4.69, 9.17) is 11.6 Å². The molecule has 0 atom stereocenters. The van der Waals surface area contributed by atoms with Crippen LogP contribution in [0.15, 0.2) is 22.9 Å². The predicted molar refractivity (Wildman–Crippen MR) is 70.7 cm³/mol. The van der Waals surface area contributed by atoms with Crippen molar-refractivity contribution in [3.8, 4) is 0 Å². The van der Waals surface area contributed by atoms with Gasteiger partial charge in [-0.3, -0.25) is 0 Å². The van der Waals surface area contributed by atoms with Crippen LogP contribution in [0.4, 0.5) is 17.6 Å². The van der Waals surface area contributed by atoms with E-state index in [9.17, 15) is 0 Å². The van der Waals surface area contributed by atoms with E-state index in [1.807, 2.05) is 17.3 Å². The molecule has 0 bridgehead atoms. The molecule has 0 aliphatic heterocycles. The highest BCUT2D eigenvalue weighted by Gasteiger charge is 2.07. The molecule has 0 saturated carbocycles. The number of hydrazine groups is 1. The standard InChI is InChI=1S/C10H14N6S/c1-16(5-7-2-3-17-6-7)9-4-8(15-12)13-10(11)14-9/h2-4,6H,5,12H2,1H3,(H3,11,13,14,15). The molecule has 2 rings (SSSR count). The van der Waals surface area contributed by atoms with Gasteiger partial charge >= 0.3 is 0 Å². The van der Waals surface area contributed by atoms with E-state index in [-0.39, 0.29) is 5.95 Å². The van der Waals surface area contributed by atoms with Crippen molar-refractivity contribution in [2.75, 3.05) is 23.1 Å². The second-order valence-electron chi connectivity index (χ2n) is 3.60. The Balaban J connectivity index is 2.18. The van der Waals surface area contributed by atoms with Crippen LogP contribution in [0, 0.1) is 0 Å². The smallest absolute Gasteiger partial charge is 0.223 e. The average Bonchev–Trinajstić information content (AvgIpc) is 2.81. The molecule has 2 aromatic heterocycles. The molecule has 0 saturated heterocycles. The predicted octanol–water partition coefficient (Wildman–Crippen LogP) is 1.04. The molecule has 0 aromatic carbocycles. The summed E-state index contributed by atoms with van der Waals surface area (Å²) in [5, 5.41) is 4.15. The highest BCUT2D eigenvalue weighted by molar-refractivity contribution is 7.07. The maximum atomic E-state index is 5.60. The van der Waals surface area contributed by atoms with Crippen molar-refractivity contribution < 1.29 is 0 Å². The second-order valence-corrected chi connectivity index (χ2v) is 4.38. The van der Waals surface area contributed by atoms with Crippen LogP contribution in [-0.4, -0.2) is 17.0 Å². The number of thiophene rings is 1. The Bertz CT molecular complexity index is 484. The average molecular weight is 250 g/mol. The minimum absolute atomic E-state index is 0.201. The third-order valence-corrected chi connectivity index (χ3v) is 3.00. The molecule has 90 valence electrons. The van der Waals surface area contributed by atoms with Crippen LogP contribution in [0.2, 0.25) is 0 Å². The van der Waals surface area contributed by atoms with Gasteiger partial charge in [-0.2, -0.15) is 21.3 Å². The minimum Gasteiger partial charge on any atom is -0.368 e. The number of hydrogen-bond acceptors (Lipinski definition) is 7. The van der Waals surface area contributed by atoms with E-state index in [2.05, 4.69) is 26.8 Å². The molecule has 2 heterocycles. The third-order valence-electron chi connectivity index (χ3n) is 2.27. The lowest BCUT2D eigenvalue weighted by atomic mass is 10.3. The molecule has 5 N–H and O–H groups in total. The van der Waals surface area contributed by atoms with Gasteiger partial charge < -0.3 is 16.1 Å². The number of hydrogen-bond donors (Lipinski definition) is 3. The summed E-state index contributed by atoms with van der Waals surface area (Å²) in [5.41, 5.74) is 9.30. The van der Waals surface area contributed by atoms with Crippen LogP contribution in [0.5, 0.6) is 0 Å². The van der Waals surface area contributed by atoms with Gasteiger partial charge in [0, 0.05) is 19.7 Å². The summed E-state index contributed by atoms with van der Waals surface area (Å²) in [6.45, 7) is 0.768. The van der Waals surface area contributed by atoms with E-state index in [0.717, 1.165) is 12.4 Å². The van der Waals surface area contributed by atoms with E-state index in [1.54, 1.807) is 17.4 Å². The third kappa shape index (κ3) is 2.83. The second kappa shape index (κ2) is 4.98. The van der Waals surface area contributed by atoms with E-state index >= 15 is 0 Å². The molecule has 6 nitrogen and oxygen atoms in total. The van der Waals surface area contributed by atoms with Crippen molar-refractivity contribution in [2.24, 2.45) is 5.84 Å². The number of nitrogen functional groups attached to an aromatic ring is 2. The molecule has 0 spiro atoms. The van der Waals surface area contributed by atoms with Crippen molar-refractivity contribution in [1.29, 1.82) is 0 Å². The zero-order valence-corrected chi connectivity index (χ0v) is 10.2. The summed E-state index contributed by atoms with van der Waals surface area (Å²) in [4.78, 5) is 10.1. The van der Waals surface area contributed by atoms with Gasteiger partial charge in [-0.15, -0.1) is 0 Å². The Morgan fingerprint density at radius 1 is 1.47 bits per heavy atom. The van der Waals surface area contributed by atoms with Gasteiger partial charge in [0.15, 0.2) is 0 Å². The van der Waals surface area contributed by atoms with Gasteiger partial charge in [-0.25, -0.2) is 5.84 Å². The molecule has 2 aromatic rings. The number of aromatic nitrogens is 2. The first kappa shape index (κ1) is 11.6. The normalized spacial score (nSPS) is 10.2. The van der Waals surface area contributed by atoms with Crippen molar-refractivity contribution in [3.05, 3.63) is 28.5 Å². The largest absolute Gasteiger partial charge is 0.368 e. The summed E-state index contributed by atoms with van der Waals surface area (Å²) < 4.78 is 0. The lowest BCUT2D eigenvalue weighted by Crippen LogP contribution is -2.19. The molecular formula is C10H14N6S. The lowest BCUT2D eigenvalue weighted by Gasteiger charge is -2.18. The monoisotopic (exact) mass is 250 g/mol. The highest BCUT2D eigenvalue weighted by Crippen LogP contribution is 2.18. The molecule has 0 amide bonds. The Kier molecular flexibility index (Phi) is 3.40. The van der Waals surface area contributed by atoms with Crippen LogP contribution in [0.1, 0.15) is 5.56 Å². The Morgan fingerprint density at radius 2 is 2.29 bits per heavy atom. The van der Waals surface area contributed by atoms with Gasteiger partial charge in [0.25, 0.3) is 0 Å². The van der Waals surface area contributed by atoms with Crippen molar-refractivity contribution >= 4 is 28.9 Å². The van der Waals surface area contributed by atoms with E-state index in [0.29, 0.717) is 5.82 Å². The first-order valence-electron chi connectivity index (χ1n) is 5.02. The van der Waals surface area contributed by atoms with Crippen molar-refractivity contribution in [3.63, 3.8) is 0 Å². The molecule has 7 heteroatoms. The summed E-state index contributed by atoms with van der Waals surface area (Å²) in [5.74, 6) is 6.75. The van der Waals surface area contributed by atoms with Crippen LogP contribution in [-0.2, 0) is 6.54 Å². The molecule has 0 fully saturated rings. The lowest BCUT2D eigenvalue weighted by molar-refractivity contribution is 0.897. The fourth-order valence-corrected chi connectivity index (χ4v) is 2.12. The van der Waals surface area contributed by atoms with Gasteiger partial charge in [-0.05, 0) is 22.4 Å². The molecule has 0 aliphatic carbocycles. The number of anilines is 3. The molecular weight excluding hydrogens is 236 g/mol. The Hall–Kier alpha value is -1.86. The summed E-state index contributed by atoms with van der Waals surface area (Å²) in [6.07, 6.45) is 0. The van der Waals surface area contributed by atoms with Crippen LogP contribution >= 0.6 is 11.3 Å². The highest BCUT2D eigenvalue weighted by atomic mass is 32.1. The van der Waals surface area contributed by atoms with Gasteiger partial charge in [-0.1, -0.05) is 0 Å². The van der Waals surface area contributed by atoms with Crippen LogP contribution in [0.25, 0.3) is 0 Å². The first-order chi connectivity index (χ1) is 8.19. The summed E-state index contributed by atoms with van der Waals surface area (Å²) in [7, 11) is 1.94. The SMILES string of the molecule is CN(Cc1ccsc1)c1cc(NN)nc(N)n1. The number of rotatable bonds is 4. The molecule has 0 aliphatic rings. The molecule has 0 unspecified atom stereocenters. The summed E-state index contributed by atoms with van der Waals surface area (Å²) in [6, 6.07) is 3.83. The number of nitrogens with two attached hydrogens (primary N) is 2. The Morgan fingerprint density at radius 3 is 2.94 bits per heavy atom. The molecule has 17 heavy (non-hydrogen) atoms. The van der Waals surface area contributed by atoms with Gasteiger partial charge in [0.05, 0.1) is 0 Å². The summed E-state index contributed by atoms with van der Waals surface area (Å²) >= 11 is 1.67. The zero-order valence-electron chi connectivity index (χ0n) is 9.42. The van der Waals surface area contributed by atoms with E-state index in [1.165, 1.54) is 5.56 Å². The van der Waals surface area contributed by atoms with Crippen molar-refractivity contribution in [1.82, 2.24) is 9.97 Å². The van der Waals surface area contributed by atoms with Crippen molar-refractivity contribution in [2.45, 2.75) is 6.54 Å². The van der Waals surface area contributed by atoms with Gasteiger partial charge in [0.2, 0.25) is 5.95 Å². The van der Waals surface area contributed by atoms with Crippen LogP contribution in [0.3, 0.4) is 0 Å².